The van der Waals surface area contributed by atoms with Crippen LogP contribution in [0.2, 0.25) is 0 Å². The summed E-state index contributed by atoms with van der Waals surface area (Å²) in [7, 11) is 0. The number of hydrogen-bond donors (Lipinski definition) is 2. The number of thioether (sulfide) groups is 1. The van der Waals surface area contributed by atoms with Crippen LogP contribution in [-0.2, 0) is 11.3 Å². The Hall–Kier alpha value is -2.31. The van der Waals surface area contributed by atoms with Crippen LogP contribution in [0.3, 0.4) is 0 Å². The molecule has 2 aliphatic carbocycles. The van der Waals surface area contributed by atoms with E-state index >= 15 is 0 Å². The largest absolute Gasteiger partial charge is 0.480 e. The molecule has 0 saturated heterocycles. The summed E-state index contributed by atoms with van der Waals surface area (Å²) in [6.07, 6.45) is 18.8. The molecule has 2 aliphatic rings. The van der Waals surface area contributed by atoms with Gasteiger partial charge >= 0.3 is 5.97 Å². The number of aryl methyl sites for hydroxylation is 1. The van der Waals surface area contributed by atoms with E-state index in [-0.39, 0.29) is 5.91 Å². The summed E-state index contributed by atoms with van der Waals surface area (Å²) in [5, 5.41) is 12.6. The van der Waals surface area contributed by atoms with Crippen LogP contribution in [0.4, 0.5) is 0 Å². The maximum atomic E-state index is 13.7. The Balaban J connectivity index is 1.66. The van der Waals surface area contributed by atoms with Crippen LogP contribution in [0, 0.1) is 24.7 Å². The van der Waals surface area contributed by atoms with Crippen molar-refractivity contribution in [3.05, 3.63) is 59.2 Å². The lowest BCUT2D eigenvalue weighted by Gasteiger charge is -2.39. The van der Waals surface area contributed by atoms with Crippen LogP contribution >= 0.6 is 11.8 Å². The van der Waals surface area contributed by atoms with Crippen LogP contribution in [0.15, 0.2) is 42.5 Å². The Kier molecular flexibility index (Phi) is 14.3. The number of carbonyl (C=O) groups is 2. The van der Waals surface area contributed by atoms with Crippen molar-refractivity contribution in [3.63, 3.8) is 0 Å². The molecule has 248 valence electrons. The summed E-state index contributed by atoms with van der Waals surface area (Å²) < 4.78 is 0. The zero-order chi connectivity index (χ0) is 32.2. The Morgan fingerprint density at radius 2 is 1.53 bits per heavy atom. The molecule has 4 rings (SSSR count). The van der Waals surface area contributed by atoms with E-state index in [4.69, 9.17) is 0 Å². The molecular weight excluding hydrogens is 577 g/mol. The molecule has 0 spiro atoms. The molecule has 5 nitrogen and oxygen atoms in total. The lowest BCUT2D eigenvalue weighted by molar-refractivity contribution is -0.139. The quantitative estimate of drug-likeness (QED) is 0.193. The van der Waals surface area contributed by atoms with Crippen LogP contribution in [0.5, 0.6) is 0 Å². The molecular formula is C39H58N2O3S. The average molecular weight is 635 g/mol. The second-order valence-corrected chi connectivity index (χ2v) is 15.3. The third-order valence-corrected chi connectivity index (χ3v) is 10.8. The van der Waals surface area contributed by atoms with Crippen molar-refractivity contribution < 1.29 is 14.7 Å². The van der Waals surface area contributed by atoms with Gasteiger partial charge in [-0.15, -0.1) is 0 Å². The number of amides is 1. The summed E-state index contributed by atoms with van der Waals surface area (Å²) in [5.41, 5.74) is 4.78. The minimum atomic E-state index is -0.988. The monoisotopic (exact) mass is 634 g/mol. The SMILES string of the molecule is CSCC[C@H](NC(=O)c1ccc(CN(CC(C)C)C(CC2CCCCC2)CC2CCCCC2)cc1-c1ccccc1C)C(=O)O. The van der Waals surface area contributed by atoms with Crippen molar-refractivity contribution in [2.24, 2.45) is 17.8 Å². The summed E-state index contributed by atoms with van der Waals surface area (Å²) in [6.45, 7) is 8.70. The number of benzene rings is 2. The van der Waals surface area contributed by atoms with Gasteiger partial charge in [0.15, 0.2) is 0 Å². The molecule has 2 N–H and O–H groups in total. The smallest absolute Gasteiger partial charge is 0.326 e. The first-order valence-electron chi connectivity index (χ1n) is 17.7. The molecule has 0 bridgehead atoms. The van der Waals surface area contributed by atoms with Gasteiger partial charge in [-0.2, -0.15) is 11.8 Å². The van der Waals surface area contributed by atoms with Crippen molar-refractivity contribution in [3.8, 4) is 11.1 Å². The molecule has 0 aromatic heterocycles. The van der Waals surface area contributed by atoms with E-state index in [1.54, 1.807) is 11.8 Å². The summed E-state index contributed by atoms with van der Waals surface area (Å²) >= 11 is 1.59. The maximum Gasteiger partial charge on any atom is 0.326 e. The Bertz CT molecular complexity index is 1200. The van der Waals surface area contributed by atoms with E-state index in [9.17, 15) is 14.7 Å². The number of nitrogens with zero attached hydrogens (tertiary/aromatic N) is 1. The van der Waals surface area contributed by atoms with Gasteiger partial charge in [-0.3, -0.25) is 9.69 Å². The molecule has 0 radical (unpaired) electrons. The number of aliphatic carboxylic acids is 1. The second kappa shape index (κ2) is 18.1. The third-order valence-electron chi connectivity index (χ3n) is 10.1. The lowest BCUT2D eigenvalue weighted by Crippen LogP contribution is -2.41. The molecule has 2 aromatic carbocycles. The zero-order valence-electron chi connectivity index (χ0n) is 28.4. The van der Waals surface area contributed by atoms with Gasteiger partial charge in [0, 0.05) is 24.7 Å². The fourth-order valence-corrected chi connectivity index (χ4v) is 8.24. The van der Waals surface area contributed by atoms with Crippen LogP contribution in [0.1, 0.15) is 119 Å². The molecule has 0 unspecified atom stereocenters. The molecule has 2 aromatic rings. The van der Waals surface area contributed by atoms with Gasteiger partial charge in [0.2, 0.25) is 0 Å². The van der Waals surface area contributed by atoms with E-state index in [2.05, 4.69) is 55.3 Å². The number of rotatable bonds is 16. The number of carboxylic acid groups (broad SMARTS) is 1. The van der Waals surface area contributed by atoms with E-state index in [0.717, 1.165) is 41.6 Å². The number of carbonyl (C=O) groups excluding carboxylic acids is 1. The molecule has 2 saturated carbocycles. The van der Waals surface area contributed by atoms with Crippen molar-refractivity contribution in [1.29, 1.82) is 0 Å². The molecule has 45 heavy (non-hydrogen) atoms. The maximum absolute atomic E-state index is 13.7. The van der Waals surface area contributed by atoms with Gasteiger partial charge in [-0.25, -0.2) is 4.79 Å². The Morgan fingerprint density at radius 3 is 2.09 bits per heavy atom. The van der Waals surface area contributed by atoms with E-state index < -0.39 is 12.0 Å². The van der Waals surface area contributed by atoms with Gasteiger partial charge in [0.25, 0.3) is 5.91 Å². The molecule has 1 atom stereocenters. The first-order chi connectivity index (χ1) is 21.7. The summed E-state index contributed by atoms with van der Waals surface area (Å²) in [4.78, 5) is 28.4. The Labute approximate surface area is 277 Å². The van der Waals surface area contributed by atoms with Gasteiger partial charge in [-0.05, 0) is 90.3 Å². The highest BCUT2D eigenvalue weighted by Gasteiger charge is 2.29. The molecule has 0 heterocycles. The van der Waals surface area contributed by atoms with Crippen molar-refractivity contribution >= 4 is 23.6 Å². The first-order valence-corrected chi connectivity index (χ1v) is 19.1. The minimum absolute atomic E-state index is 0.320. The molecule has 2 fully saturated rings. The standard InChI is InChI=1S/C39H58N2O3S/c1-28(2)26-41(33(23-30-14-7-5-8-15-30)24-31-16-9-6-10-17-31)27-32-19-20-35(36(25-32)34-18-12-11-13-29(34)3)38(42)40-37(39(43)44)21-22-45-4/h11-13,18-20,25,28,30-31,33,37H,5-10,14-17,21-24,26-27H2,1-4H3,(H,40,42)(H,43,44)/t37-/m0/s1. The topological polar surface area (TPSA) is 69.6 Å². The summed E-state index contributed by atoms with van der Waals surface area (Å²) in [6, 6.07) is 14.1. The molecule has 1 amide bonds. The number of hydrogen-bond acceptors (Lipinski definition) is 4. The van der Waals surface area contributed by atoms with Crippen LogP contribution < -0.4 is 5.32 Å². The highest BCUT2D eigenvalue weighted by atomic mass is 32.2. The van der Waals surface area contributed by atoms with Crippen molar-refractivity contribution in [1.82, 2.24) is 10.2 Å². The molecule has 0 aliphatic heterocycles. The van der Waals surface area contributed by atoms with Crippen LogP contribution in [0.25, 0.3) is 11.1 Å². The zero-order valence-corrected chi connectivity index (χ0v) is 29.2. The number of carboxylic acids is 1. The lowest BCUT2D eigenvalue weighted by atomic mass is 9.79. The minimum Gasteiger partial charge on any atom is -0.480 e. The van der Waals surface area contributed by atoms with Crippen molar-refractivity contribution in [2.75, 3.05) is 18.6 Å². The van der Waals surface area contributed by atoms with Crippen molar-refractivity contribution in [2.45, 2.75) is 123 Å². The van der Waals surface area contributed by atoms with E-state index in [1.165, 1.54) is 82.6 Å². The first kappa shape index (κ1) is 35.5. The molecule has 6 heteroatoms. The fraction of sp³-hybridized carbons (Fsp3) is 0.641. The van der Waals surface area contributed by atoms with Gasteiger partial charge in [0.05, 0.1) is 0 Å². The highest BCUT2D eigenvalue weighted by molar-refractivity contribution is 7.98. The van der Waals surface area contributed by atoms with Crippen LogP contribution in [-0.4, -0.2) is 52.5 Å². The highest BCUT2D eigenvalue weighted by Crippen LogP contribution is 2.36. The predicted molar refractivity (Wildman–Crippen MR) is 190 cm³/mol. The normalized spacial score (nSPS) is 17.2. The van der Waals surface area contributed by atoms with Gasteiger partial charge < -0.3 is 10.4 Å². The van der Waals surface area contributed by atoms with Gasteiger partial charge in [-0.1, -0.05) is 108 Å². The fourth-order valence-electron chi connectivity index (χ4n) is 7.77. The number of nitrogens with one attached hydrogen (secondary N) is 1. The summed E-state index contributed by atoms with van der Waals surface area (Å²) in [5.74, 6) is 1.61. The Morgan fingerprint density at radius 1 is 0.911 bits per heavy atom. The van der Waals surface area contributed by atoms with E-state index in [0.29, 0.717) is 29.7 Å². The average Bonchev–Trinajstić information content (AvgIpc) is 3.03. The van der Waals surface area contributed by atoms with E-state index in [1.807, 2.05) is 24.5 Å². The predicted octanol–water partition coefficient (Wildman–Crippen LogP) is 9.37. The second-order valence-electron chi connectivity index (χ2n) is 14.3. The third kappa shape index (κ3) is 10.9. The van der Waals surface area contributed by atoms with Gasteiger partial charge in [0.1, 0.15) is 6.04 Å².